The van der Waals surface area contributed by atoms with Crippen LogP contribution in [0.5, 0.6) is 0 Å². The van der Waals surface area contributed by atoms with Crippen LogP contribution in [0.25, 0.3) is 0 Å². The van der Waals surface area contributed by atoms with Crippen molar-refractivity contribution in [2.45, 2.75) is 18.1 Å². The molecule has 0 radical (unpaired) electrons. The van der Waals surface area contributed by atoms with E-state index in [2.05, 4.69) is 29.7 Å². The van der Waals surface area contributed by atoms with Crippen LogP contribution in [0.3, 0.4) is 0 Å². The van der Waals surface area contributed by atoms with Gasteiger partial charge in [-0.05, 0) is 19.4 Å². The minimum Gasteiger partial charge on any atom is -0.338 e. The number of carbonyl (C=O) groups excluding carboxylic acids is 1. The molecule has 0 aromatic carbocycles. The maximum atomic E-state index is 11.9. The Morgan fingerprint density at radius 2 is 2.27 bits per heavy atom. The lowest BCUT2D eigenvalue weighted by atomic mass is 10.2. The fourth-order valence-corrected chi connectivity index (χ4v) is 2.46. The van der Waals surface area contributed by atoms with Crippen LogP contribution in [0.15, 0.2) is 12.2 Å². The third-order valence-corrected chi connectivity index (χ3v) is 3.44. The Morgan fingerprint density at radius 1 is 1.40 bits per heavy atom. The average Bonchev–Trinajstić information content (AvgIpc) is 2.65. The van der Waals surface area contributed by atoms with Crippen molar-refractivity contribution in [2.75, 3.05) is 32.7 Å². The Kier molecular flexibility index (Phi) is 3.70. The smallest absolute Gasteiger partial charge is 0.237 e. The molecule has 0 aromatic rings. The summed E-state index contributed by atoms with van der Waals surface area (Å²) in [5.74, 6) is 0.266. The normalized spacial score (nSPS) is 27.3. The molecule has 0 aliphatic carbocycles. The van der Waals surface area contributed by atoms with Crippen LogP contribution >= 0.6 is 12.6 Å². The molecule has 1 amide bonds. The number of nitrogens with zero attached hydrogens (tertiary/aromatic N) is 2. The van der Waals surface area contributed by atoms with Crippen molar-refractivity contribution >= 4 is 18.5 Å². The lowest BCUT2D eigenvalue weighted by Crippen LogP contribution is -2.41. The number of thiol groups is 1. The van der Waals surface area contributed by atoms with Gasteiger partial charge in [-0.15, -0.1) is 0 Å². The molecule has 0 bridgehead atoms. The maximum Gasteiger partial charge on any atom is 0.237 e. The minimum atomic E-state index is 0.266. The lowest BCUT2D eigenvalue weighted by Gasteiger charge is -2.25. The number of carbonyl (C=O) groups is 1. The zero-order valence-electron chi connectivity index (χ0n) is 8.93. The molecule has 0 N–H and O–H groups in total. The molecule has 0 saturated carbocycles. The Morgan fingerprint density at radius 3 is 2.87 bits per heavy atom. The summed E-state index contributed by atoms with van der Waals surface area (Å²) in [6, 6.07) is 0. The second kappa shape index (κ2) is 5.03. The number of hydrogen-bond donors (Lipinski definition) is 1. The molecular weight excluding hydrogens is 208 g/mol. The van der Waals surface area contributed by atoms with Gasteiger partial charge in [-0.25, -0.2) is 0 Å². The van der Waals surface area contributed by atoms with Crippen molar-refractivity contribution in [1.82, 2.24) is 9.80 Å². The van der Waals surface area contributed by atoms with Gasteiger partial charge in [-0.3, -0.25) is 9.69 Å². The standard InChI is InChI=1S/C11H18N2OS/c14-11(13-5-2-1-3-6-13)9-12-7-4-10(15)8-12/h1-2,10,15H,3-9H2/t10-/m0/s1. The van der Waals surface area contributed by atoms with Gasteiger partial charge in [0.15, 0.2) is 0 Å². The van der Waals surface area contributed by atoms with Crippen LogP contribution in [0, 0.1) is 0 Å². The van der Waals surface area contributed by atoms with Gasteiger partial charge in [0, 0.05) is 24.9 Å². The van der Waals surface area contributed by atoms with Crippen LogP contribution in [-0.4, -0.2) is 53.7 Å². The summed E-state index contributed by atoms with van der Waals surface area (Å²) in [6.07, 6.45) is 6.33. The average molecular weight is 226 g/mol. The molecule has 1 saturated heterocycles. The molecule has 84 valence electrons. The summed E-state index contributed by atoms with van der Waals surface area (Å²) in [5, 5.41) is 0.457. The second-order valence-corrected chi connectivity index (χ2v) is 5.01. The molecule has 4 heteroatoms. The summed E-state index contributed by atoms with van der Waals surface area (Å²) in [6.45, 7) is 4.22. The van der Waals surface area contributed by atoms with Gasteiger partial charge in [0.05, 0.1) is 6.54 Å². The molecule has 3 nitrogen and oxygen atoms in total. The summed E-state index contributed by atoms with van der Waals surface area (Å²) >= 11 is 4.42. The molecule has 2 aliphatic heterocycles. The summed E-state index contributed by atoms with van der Waals surface area (Å²) in [4.78, 5) is 16.0. The summed E-state index contributed by atoms with van der Waals surface area (Å²) in [7, 11) is 0. The fourth-order valence-electron chi connectivity index (χ4n) is 2.11. The second-order valence-electron chi connectivity index (χ2n) is 4.28. The van der Waals surface area contributed by atoms with Gasteiger partial charge in [0.25, 0.3) is 0 Å². The molecule has 1 atom stereocenters. The first-order valence-electron chi connectivity index (χ1n) is 5.59. The molecule has 15 heavy (non-hydrogen) atoms. The van der Waals surface area contributed by atoms with Crippen molar-refractivity contribution in [3.05, 3.63) is 12.2 Å². The van der Waals surface area contributed by atoms with Crippen LogP contribution in [0.1, 0.15) is 12.8 Å². The van der Waals surface area contributed by atoms with Gasteiger partial charge < -0.3 is 4.90 Å². The lowest BCUT2D eigenvalue weighted by molar-refractivity contribution is -0.131. The zero-order chi connectivity index (χ0) is 10.7. The number of hydrogen-bond acceptors (Lipinski definition) is 3. The van der Waals surface area contributed by atoms with Crippen molar-refractivity contribution in [3.63, 3.8) is 0 Å². The third-order valence-electron chi connectivity index (χ3n) is 3.02. The Labute approximate surface area is 96.5 Å². The fraction of sp³-hybridized carbons (Fsp3) is 0.727. The first-order chi connectivity index (χ1) is 7.25. The highest BCUT2D eigenvalue weighted by molar-refractivity contribution is 7.81. The Balaban J connectivity index is 1.79. The molecule has 0 spiro atoms. The van der Waals surface area contributed by atoms with E-state index >= 15 is 0 Å². The van der Waals surface area contributed by atoms with Crippen LogP contribution in [0.4, 0.5) is 0 Å². The largest absolute Gasteiger partial charge is 0.338 e. The van der Waals surface area contributed by atoms with Crippen molar-refractivity contribution < 1.29 is 4.79 Å². The first kappa shape index (κ1) is 11.0. The van der Waals surface area contributed by atoms with E-state index < -0.39 is 0 Å². The van der Waals surface area contributed by atoms with Gasteiger partial charge in [0.2, 0.25) is 5.91 Å². The van der Waals surface area contributed by atoms with Gasteiger partial charge in [-0.1, -0.05) is 12.2 Å². The van der Waals surface area contributed by atoms with Gasteiger partial charge >= 0.3 is 0 Å². The summed E-state index contributed by atoms with van der Waals surface area (Å²) in [5.41, 5.74) is 0. The monoisotopic (exact) mass is 226 g/mol. The van der Waals surface area contributed by atoms with Crippen LogP contribution < -0.4 is 0 Å². The third kappa shape index (κ3) is 2.98. The number of likely N-dealkylation sites (tertiary alicyclic amines) is 1. The van der Waals surface area contributed by atoms with Crippen LogP contribution in [-0.2, 0) is 4.79 Å². The molecule has 2 aliphatic rings. The van der Waals surface area contributed by atoms with E-state index in [1.807, 2.05) is 4.90 Å². The van der Waals surface area contributed by atoms with Crippen LogP contribution in [0.2, 0.25) is 0 Å². The highest BCUT2D eigenvalue weighted by atomic mass is 32.1. The van der Waals surface area contributed by atoms with E-state index in [1.165, 1.54) is 0 Å². The Bertz CT molecular complexity index is 267. The number of rotatable bonds is 2. The highest BCUT2D eigenvalue weighted by Gasteiger charge is 2.23. The SMILES string of the molecule is O=C(CN1CC[C@H](S)C1)N1CC=CCC1. The van der Waals surface area contributed by atoms with Crippen molar-refractivity contribution in [2.24, 2.45) is 0 Å². The molecule has 2 rings (SSSR count). The molecule has 0 unspecified atom stereocenters. The highest BCUT2D eigenvalue weighted by Crippen LogP contribution is 2.14. The van der Waals surface area contributed by atoms with E-state index in [0.717, 1.165) is 39.0 Å². The first-order valence-corrected chi connectivity index (χ1v) is 6.10. The Hall–Kier alpha value is -0.480. The van der Waals surface area contributed by atoms with E-state index in [9.17, 15) is 4.79 Å². The predicted molar refractivity (Wildman–Crippen MR) is 64.2 cm³/mol. The predicted octanol–water partition coefficient (Wildman–Crippen LogP) is 0.779. The van der Waals surface area contributed by atoms with Gasteiger partial charge in [0.1, 0.15) is 0 Å². The molecular formula is C11H18N2OS. The quantitative estimate of drug-likeness (QED) is 0.555. The van der Waals surface area contributed by atoms with E-state index in [1.54, 1.807) is 0 Å². The number of amides is 1. The van der Waals surface area contributed by atoms with E-state index in [-0.39, 0.29) is 5.91 Å². The van der Waals surface area contributed by atoms with E-state index in [4.69, 9.17) is 0 Å². The van der Waals surface area contributed by atoms with Crippen molar-refractivity contribution in [3.8, 4) is 0 Å². The molecule has 0 aromatic heterocycles. The zero-order valence-corrected chi connectivity index (χ0v) is 9.83. The topological polar surface area (TPSA) is 23.6 Å². The van der Waals surface area contributed by atoms with E-state index in [0.29, 0.717) is 11.8 Å². The molecule has 1 fully saturated rings. The van der Waals surface area contributed by atoms with Gasteiger partial charge in [-0.2, -0.15) is 12.6 Å². The van der Waals surface area contributed by atoms with Crippen molar-refractivity contribution in [1.29, 1.82) is 0 Å². The summed E-state index contributed by atoms with van der Waals surface area (Å²) < 4.78 is 0. The minimum absolute atomic E-state index is 0.266. The maximum absolute atomic E-state index is 11.9. The molecule has 2 heterocycles.